The van der Waals surface area contributed by atoms with E-state index in [2.05, 4.69) is 51.6 Å². The molecule has 0 aliphatic rings. The van der Waals surface area contributed by atoms with Crippen LogP contribution in [0, 0.1) is 0 Å². The van der Waals surface area contributed by atoms with Gasteiger partial charge in [-0.05, 0) is 23.6 Å². The average molecular weight is 268 g/mol. The number of benzene rings is 1. The van der Waals surface area contributed by atoms with E-state index in [1.807, 2.05) is 19.2 Å². The highest BCUT2D eigenvalue weighted by Gasteiger charge is 2.09. The molecule has 2 heterocycles. The van der Waals surface area contributed by atoms with Crippen LogP contribution in [0.25, 0.3) is 11.2 Å². The van der Waals surface area contributed by atoms with Crippen LogP contribution >= 0.6 is 0 Å². The van der Waals surface area contributed by atoms with Crippen molar-refractivity contribution in [3.8, 4) is 0 Å². The van der Waals surface area contributed by atoms with Crippen molar-refractivity contribution in [2.75, 3.05) is 5.32 Å². The summed E-state index contributed by atoms with van der Waals surface area (Å²) >= 11 is 0. The molecule has 2 aromatic heterocycles. The molecular formula is C14H16N6. The van der Waals surface area contributed by atoms with Crippen LogP contribution in [0.2, 0.25) is 0 Å². The van der Waals surface area contributed by atoms with Crippen LogP contribution in [0.15, 0.2) is 30.6 Å². The van der Waals surface area contributed by atoms with Crippen LogP contribution in [-0.4, -0.2) is 25.0 Å². The first-order chi connectivity index (χ1) is 9.65. The van der Waals surface area contributed by atoms with Gasteiger partial charge in [0.2, 0.25) is 0 Å². The number of fused-ring (bicyclic) bond motifs is 1. The van der Waals surface area contributed by atoms with Crippen molar-refractivity contribution >= 4 is 22.7 Å². The maximum atomic E-state index is 4.23. The second kappa shape index (κ2) is 4.88. The van der Waals surface area contributed by atoms with Crippen LogP contribution in [0.1, 0.15) is 25.3 Å². The fourth-order valence-electron chi connectivity index (χ4n) is 2.03. The Morgan fingerprint density at radius 1 is 1.10 bits per heavy atom. The molecule has 0 amide bonds. The van der Waals surface area contributed by atoms with Crippen molar-refractivity contribution in [3.05, 3.63) is 36.2 Å². The van der Waals surface area contributed by atoms with Gasteiger partial charge < -0.3 is 5.32 Å². The lowest BCUT2D eigenvalue weighted by molar-refractivity contribution is 0.729. The third kappa shape index (κ3) is 2.20. The van der Waals surface area contributed by atoms with E-state index in [0.29, 0.717) is 22.9 Å². The van der Waals surface area contributed by atoms with Crippen molar-refractivity contribution in [2.24, 2.45) is 7.05 Å². The predicted octanol–water partition coefficient (Wildman–Crippen LogP) is 2.63. The van der Waals surface area contributed by atoms with Crippen LogP contribution in [0.4, 0.5) is 11.5 Å². The zero-order chi connectivity index (χ0) is 14.1. The fraction of sp³-hybridized carbons (Fsp3) is 0.286. The molecule has 1 N–H and O–H groups in total. The Hall–Kier alpha value is -2.50. The lowest BCUT2D eigenvalue weighted by atomic mass is 10.0. The molecule has 6 heteroatoms. The first-order valence-electron chi connectivity index (χ1n) is 6.52. The second-order valence-corrected chi connectivity index (χ2v) is 5.01. The molecule has 102 valence electrons. The minimum Gasteiger partial charge on any atom is -0.338 e. The van der Waals surface area contributed by atoms with Crippen LogP contribution in [0.3, 0.4) is 0 Å². The van der Waals surface area contributed by atoms with E-state index in [9.17, 15) is 0 Å². The second-order valence-electron chi connectivity index (χ2n) is 5.01. The molecule has 3 rings (SSSR count). The first kappa shape index (κ1) is 12.5. The Kier molecular flexibility index (Phi) is 3.06. The van der Waals surface area contributed by atoms with Gasteiger partial charge in [-0.15, -0.1) is 5.10 Å². The Morgan fingerprint density at radius 3 is 2.55 bits per heavy atom. The Balaban J connectivity index is 1.93. The minimum absolute atomic E-state index is 0.523. The number of anilines is 2. The molecule has 20 heavy (non-hydrogen) atoms. The summed E-state index contributed by atoms with van der Waals surface area (Å²) in [5.74, 6) is 1.19. The lowest BCUT2D eigenvalue weighted by Crippen LogP contribution is -1.97. The van der Waals surface area contributed by atoms with E-state index < -0.39 is 0 Å². The third-order valence-electron chi connectivity index (χ3n) is 3.23. The summed E-state index contributed by atoms with van der Waals surface area (Å²) in [4.78, 5) is 8.40. The topological polar surface area (TPSA) is 68.5 Å². The smallest absolute Gasteiger partial charge is 0.183 e. The molecule has 0 saturated heterocycles. The highest BCUT2D eigenvalue weighted by Crippen LogP contribution is 2.22. The van der Waals surface area contributed by atoms with Crippen LogP contribution in [0.5, 0.6) is 0 Å². The molecule has 0 saturated carbocycles. The molecule has 6 nitrogen and oxygen atoms in total. The van der Waals surface area contributed by atoms with Gasteiger partial charge in [-0.2, -0.15) is 0 Å². The zero-order valence-corrected chi connectivity index (χ0v) is 11.7. The number of hydrogen-bond donors (Lipinski definition) is 1. The SMILES string of the molecule is CC(C)c1ccc(Nc2ncnc3c2nnn3C)cc1. The maximum absolute atomic E-state index is 4.23. The normalized spacial score (nSPS) is 11.2. The molecule has 0 aliphatic heterocycles. The highest BCUT2D eigenvalue weighted by molar-refractivity contribution is 5.84. The van der Waals surface area contributed by atoms with Crippen LogP contribution in [-0.2, 0) is 7.05 Å². The standard InChI is InChI=1S/C14H16N6/c1-9(2)10-4-6-11(7-5-10)17-13-12-14(16-8-15-13)20(3)19-18-12/h4-9H,1-3H3,(H,15,16,17). The number of aromatic nitrogens is 5. The van der Waals surface area contributed by atoms with E-state index in [1.54, 1.807) is 4.68 Å². The lowest BCUT2D eigenvalue weighted by Gasteiger charge is -2.08. The monoisotopic (exact) mass is 268 g/mol. The molecule has 0 unspecified atom stereocenters. The minimum atomic E-state index is 0.523. The summed E-state index contributed by atoms with van der Waals surface area (Å²) in [6.45, 7) is 4.35. The molecule has 0 radical (unpaired) electrons. The number of rotatable bonds is 3. The largest absolute Gasteiger partial charge is 0.338 e. The first-order valence-corrected chi connectivity index (χ1v) is 6.52. The number of aryl methyl sites for hydroxylation is 1. The van der Waals surface area contributed by atoms with Crippen molar-refractivity contribution in [1.29, 1.82) is 0 Å². The Bertz CT molecular complexity index is 729. The summed E-state index contributed by atoms with van der Waals surface area (Å²) < 4.78 is 1.63. The van der Waals surface area contributed by atoms with Crippen molar-refractivity contribution in [2.45, 2.75) is 19.8 Å². The van der Waals surface area contributed by atoms with Gasteiger partial charge in [-0.3, -0.25) is 0 Å². The summed E-state index contributed by atoms with van der Waals surface area (Å²) in [5, 5.41) is 11.3. The Morgan fingerprint density at radius 2 is 1.85 bits per heavy atom. The average Bonchev–Trinajstić information content (AvgIpc) is 2.82. The zero-order valence-electron chi connectivity index (χ0n) is 11.7. The molecule has 0 aliphatic carbocycles. The molecule has 0 fully saturated rings. The summed E-state index contributed by atoms with van der Waals surface area (Å²) in [6.07, 6.45) is 1.51. The van der Waals surface area contributed by atoms with Gasteiger partial charge >= 0.3 is 0 Å². The summed E-state index contributed by atoms with van der Waals surface area (Å²) in [5.41, 5.74) is 3.66. The third-order valence-corrected chi connectivity index (χ3v) is 3.23. The fourth-order valence-corrected chi connectivity index (χ4v) is 2.03. The van der Waals surface area contributed by atoms with E-state index in [-0.39, 0.29) is 0 Å². The highest BCUT2D eigenvalue weighted by atomic mass is 15.4. The van der Waals surface area contributed by atoms with Gasteiger partial charge in [0.15, 0.2) is 17.0 Å². The molecule has 3 aromatic rings. The maximum Gasteiger partial charge on any atom is 0.183 e. The number of nitrogens with zero attached hydrogens (tertiary/aromatic N) is 5. The summed E-state index contributed by atoms with van der Waals surface area (Å²) in [6, 6.07) is 8.31. The van der Waals surface area contributed by atoms with Crippen molar-refractivity contribution in [3.63, 3.8) is 0 Å². The van der Waals surface area contributed by atoms with Gasteiger partial charge in [-0.1, -0.05) is 31.2 Å². The predicted molar refractivity (Wildman–Crippen MR) is 77.9 cm³/mol. The van der Waals surface area contributed by atoms with Gasteiger partial charge in [-0.25, -0.2) is 14.6 Å². The van der Waals surface area contributed by atoms with Crippen molar-refractivity contribution < 1.29 is 0 Å². The number of hydrogen-bond acceptors (Lipinski definition) is 5. The van der Waals surface area contributed by atoms with Crippen molar-refractivity contribution in [1.82, 2.24) is 25.0 Å². The molecule has 0 atom stereocenters. The molecule has 0 bridgehead atoms. The molecular weight excluding hydrogens is 252 g/mol. The Labute approximate surface area is 116 Å². The van der Waals surface area contributed by atoms with E-state index in [0.717, 1.165) is 5.69 Å². The van der Waals surface area contributed by atoms with Gasteiger partial charge in [0.25, 0.3) is 0 Å². The van der Waals surface area contributed by atoms with E-state index in [1.165, 1.54) is 11.9 Å². The van der Waals surface area contributed by atoms with Gasteiger partial charge in [0.05, 0.1) is 0 Å². The summed E-state index contributed by atoms with van der Waals surface area (Å²) in [7, 11) is 1.81. The number of nitrogens with one attached hydrogen (secondary N) is 1. The van der Waals surface area contributed by atoms with Gasteiger partial charge in [0.1, 0.15) is 6.33 Å². The quantitative estimate of drug-likeness (QED) is 0.790. The van der Waals surface area contributed by atoms with E-state index in [4.69, 9.17) is 0 Å². The van der Waals surface area contributed by atoms with Gasteiger partial charge in [0, 0.05) is 12.7 Å². The van der Waals surface area contributed by atoms with E-state index >= 15 is 0 Å². The molecule has 1 aromatic carbocycles. The molecule has 0 spiro atoms. The van der Waals surface area contributed by atoms with Crippen LogP contribution < -0.4 is 5.32 Å².